The standard InChI is InChI=1S/C17H15NO3/c1-11-5-6-15-13(7-11)9-16(21-15)17(20)18-10-12-3-2-4-14(19)8-12/h2-9,19H,10H2,1H3,(H,18,20). The summed E-state index contributed by atoms with van der Waals surface area (Å²) in [6.45, 7) is 2.33. The number of amides is 1. The summed E-state index contributed by atoms with van der Waals surface area (Å²) in [5, 5.41) is 13.1. The number of nitrogens with one attached hydrogen (secondary N) is 1. The molecule has 0 aliphatic heterocycles. The highest BCUT2D eigenvalue weighted by Crippen LogP contribution is 2.20. The smallest absolute Gasteiger partial charge is 0.287 e. The number of benzene rings is 2. The van der Waals surface area contributed by atoms with E-state index in [-0.39, 0.29) is 17.4 Å². The van der Waals surface area contributed by atoms with Crippen molar-refractivity contribution in [3.05, 3.63) is 65.4 Å². The fourth-order valence-corrected chi connectivity index (χ4v) is 2.21. The Hall–Kier alpha value is -2.75. The van der Waals surface area contributed by atoms with Gasteiger partial charge in [0.1, 0.15) is 11.3 Å². The fourth-order valence-electron chi connectivity index (χ4n) is 2.21. The van der Waals surface area contributed by atoms with E-state index in [0.29, 0.717) is 12.1 Å². The molecule has 0 aliphatic carbocycles. The molecule has 0 atom stereocenters. The molecule has 1 aromatic heterocycles. The number of phenolic OH excluding ortho intramolecular Hbond substituents is 1. The van der Waals surface area contributed by atoms with Crippen molar-refractivity contribution >= 4 is 16.9 Å². The molecular weight excluding hydrogens is 266 g/mol. The lowest BCUT2D eigenvalue weighted by molar-refractivity contribution is 0.0925. The summed E-state index contributed by atoms with van der Waals surface area (Å²) in [6, 6.07) is 14.3. The van der Waals surface area contributed by atoms with E-state index >= 15 is 0 Å². The Morgan fingerprint density at radius 2 is 2.05 bits per heavy atom. The molecule has 3 aromatic rings. The van der Waals surface area contributed by atoms with Gasteiger partial charge in [0.15, 0.2) is 5.76 Å². The average Bonchev–Trinajstić information content (AvgIpc) is 2.88. The second-order valence-electron chi connectivity index (χ2n) is 5.00. The maximum absolute atomic E-state index is 12.1. The fraction of sp³-hybridized carbons (Fsp3) is 0.118. The molecule has 4 nitrogen and oxygen atoms in total. The minimum atomic E-state index is -0.271. The van der Waals surface area contributed by atoms with Crippen LogP contribution in [0.25, 0.3) is 11.0 Å². The van der Waals surface area contributed by atoms with Gasteiger partial charge in [-0.3, -0.25) is 4.79 Å². The molecule has 0 bridgehead atoms. The van der Waals surface area contributed by atoms with Crippen LogP contribution in [0.15, 0.2) is 52.9 Å². The Bertz CT molecular complexity index is 805. The van der Waals surface area contributed by atoms with Gasteiger partial charge in [-0.1, -0.05) is 23.8 Å². The number of aryl methyl sites for hydroxylation is 1. The van der Waals surface area contributed by atoms with Crippen molar-refractivity contribution in [3.8, 4) is 5.75 Å². The number of hydrogen-bond acceptors (Lipinski definition) is 3. The van der Waals surface area contributed by atoms with Crippen molar-refractivity contribution in [3.63, 3.8) is 0 Å². The molecule has 0 fully saturated rings. The van der Waals surface area contributed by atoms with Crippen LogP contribution >= 0.6 is 0 Å². The van der Waals surface area contributed by atoms with Crippen molar-refractivity contribution in [2.24, 2.45) is 0 Å². The molecule has 3 rings (SSSR count). The van der Waals surface area contributed by atoms with Gasteiger partial charge in [0.05, 0.1) is 0 Å². The summed E-state index contributed by atoms with van der Waals surface area (Å²) < 4.78 is 5.54. The number of fused-ring (bicyclic) bond motifs is 1. The first-order chi connectivity index (χ1) is 10.1. The number of furan rings is 1. The summed E-state index contributed by atoms with van der Waals surface area (Å²) in [5.74, 6) is 0.198. The first-order valence-corrected chi connectivity index (χ1v) is 6.68. The van der Waals surface area contributed by atoms with E-state index in [1.165, 1.54) is 0 Å². The zero-order valence-corrected chi connectivity index (χ0v) is 11.6. The molecular formula is C17H15NO3. The molecule has 1 amide bonds. The van der Waals surface area contributed by atoms with Gasteiger partial charge in [0.25, 0.3) is 5.91 Å². The number of carbonyl (C=O) groups excluding carboxylic acids is 1. The van der Waals surface area contributed by atoms with Crippen LogP contribution in [0.2, 0.25) is 0 Å². The number of hydrogen-bond donors (Lipinski definition) is 2. The van der Waals surface area contributed by atoms with Crippen molar-refractivity contribution in [2.45, 2.75) is 13.5 Å². The molecule has 2 N–H and O–H groups in total. The first-order valence-electron chi connectivity index (χ1n) is 6.68. The molecule has 1 heterocycles. The maximum Gasteiger partial charge on any atom is 0.287 e. The van der Waals surface area contributed by atoms with Gasteiger partial charge in [0, 0.05) is 11.9 Å². The number of rotatable bonds is 3. The van der Waals surface area contributed by atoms with E-state index in [4.69, 9.17) is 4.42 Å². The Balaban J connectivity index is 1.74. The summed E-state index contributed by atoms with van der Waals surface area (Å²) in [4.78, 5) is 12.1. The van der Waals surface area contributed by atoms with Crippen molar-refractivity contribution in [2.75, 3.05) is 0 Å². The molecule has 0 saturated heterocycles. The van der Waals surface area contributed by atoms with Crippen molar-refractivity contribution < 1.29 is 14.3 Å². The second kappa shape index (κ2) is 5.32. The van der Waals surface area contributed by atoms with Crippen LogP contribution in [-0.2, 0) is 6.54 Å². The lowest BCUT2D eigenvalue weighted by Gasteiger charge is -2.03. The van der Waals surface area contributed by atoms with Crippen LogP contribution in [0.1, 0.15) is 21.7 Å². The topological polar surface area (TPSA) is 62.5 Å². The third kappa shape index (κ3) is 2.89. The SMILES string of the molecule is Cc1ccc2oc(C(=O)NCc3cccc(O)c3)cc2c1. The van der Waals surface area contributed by atoms with Crippen LogP contribution in [0.3, 0.4) is 0 Å². The third-order valence-electron chi connectivity index (χ3n) is 3.26. The molecule has 106 valence electrons. The minimum absolute atomic E-state index is 0.181. The Kier molecular flexibility index (Phi) is 3.36. The van der Waals surface area contributed by atoms with Gasteiger partial charge in [0.2, 0.25) is 0 Å². The number of phenols is 1. The largest absolute Gasteiger partial charge is 0.508 e. The van der Waals surface area contributed by atoms with Gasteiger partial charge < -0.3 is 14.8 Å². The Labute approximate surface area is 122 Å². The van der Waals surface area contributed by atoms with E-state index in [1.807, 2.05) is 31.2 Å². The van der Waals surface area contributed by atoms with Crippen LogP contribution < -0.4 is 5.32 Å². The van der Waals surface area contributed by atoms with E-state index in [2.05, 4.69) is 5.32 Å². The summed E-state index contributed by atoms with van der Waals surface area (Å²) in [5.41, 5.74) is 2.65. The minimum Gasteiger partial charge on any atom is -0.508 e. The highest BCUT2D eigenvalue weighted by atomic mass is 16.3. The maximum atomic E-state index is 12.1. The molecule has 0 spiro atoms. The molecule has 0 radical (unpaired) electrons. The van der Waals surface area contributed by atoms with E-state index < -0.39 is 0 Å². The Morgan fingerprint density at radius 1 is 1.19 bits per heavy atom. The predicted octanol–water partition coefficient (Wildman–Crippen LogP) is 3.38. The summed E-state index contributed by atoms with van der Waals surface area (Å²) in [7, 11) is 0. The average molecular weight is 281 g/mol. The van der Waals surface area contributed by atoms with Crippen LogP contribution in [-0.4, -0.2) is 11.0 Å². The third-order valence-corrected chi connectivity index (χ3v) is 3.26. The zero-order valence-electron chi connectivity index (χ0n) is 11.6. The van der Waals surface area contributed by atoms with Crippen LogP contribution in [0.4, 0.5) is 0 Å². The van der Waals surface area contributed by atoms with Gasteiger partial charge in [-0.25, -0.2) is 0 Å². The lowest BCUT2D eigenvalue weighted by Crippen LogP contribution is -2.22. The monoisotopic (exact) mass is 281 g/mol. The van der Waals surface area contributed by atoms with Crippen molar-refractivity contribution in [1.82, 2.24) is 5.32 Å². The molecule has 0 unspecified atom stereocenters. The van der Waals surface area contributed by atoms with Gasteiger partial charge >= 0.3 is 0 Å². The van der Waals surface area contributed by atoms with E-state index in [9.17, 15) is 9.90 Å². The lowest BCUT2D eigenvalue weighted by atomic mass is 10.2. The van der Waals surface area contributed by atoms with E-state index in [1.54, 1.807) is 24.3 Å². The molecule has 0 aliphatic rings. The van der Waals surface area contributed by atoms with E-state index in [0.717, 1.165) is 16.5 Å². The quantitative estimate of drug-likeness (QED) is 0.773. The number of carbonyl (C=O) groups is 1. The zero-order chi connectivity index (χ0) is 14.8. The van der Waals surface area contributed by atoms with Crippen LogP contribution in [0, 0.1) is 6.92 Å². The Morgan fingerprint density at radius 3 is 2.86 bits per heavy atom. The number of aromatic hydroxyl groups is 1. The second-order valence-corrected chi connectivity index (χ2v) is 5.00. The highest BCUT2D eigenvalue weighted by Gasteiger charge is 2.12. The predicted molar refractivity (Wildman–Crippen MR) is 80.2 cm³/mol. The molecule has 4 heteroatoms. The molecule has 21 heavy (non-hydrogen) atoms. The van der Waals surface area contributed by atoms with Gasteiger partial charge in [-0.2, -0.15) is 0 Å². The van der Waals surface area contributed by atoms with Crippen molar-refractivity contribution in [1.29, 1.82) is 0 Å². The highest BCUT2D eigenvalue weighted by molar-refractivity contribution is 5.96. The normalized spacial score (nSPS) is 10.7. The van der Waals surface area contributed by atoms with Crippen LogP contribution in [0.5, 0.6) is 5.75 Å². The first kappa shape index (κ1) is 13.2. The summed E-state index contributed by atoms with van der Waals surface area (Å²) in [6.07, 6.45) is 0. The summed E-state index contributed by atoms with van der Waals surface area (Å²) >= 11 is 0. The molecule has 0 saturated carbocycles. The van der Waals surface area contributed by atoms with Gasteiger partial charge in [-0.15, -0.1) is 0 Å². The molecule has 2 aromatic carbocycles. The van der Waals surface area contributed by atoms with Gasteiger partial charge in [-0.05, 0) is 42.8 Å².